The average molecular weight is 353 g/mol. The van der Waals surface area contributed by atoms with Gasteiger partial charge in [0, 0.05) is 19.6 Å². The molecule has 1 fully saturated rings. The van der Waals surface area contributed by atoms with Crippen LogP contribution in [0.5, 0.6) is 0 Å². The molecule has 0 aromatic heterocycles. The number of nitrogens with two attached hydrogens (primary N) is 1. The molecule has 0 unspecified atom stereocenters. The number of piperidine rings is 1. The summed E-state index contributed by atoms with van der Waals surface area (Å²) in [6.07, 6.45) is 1.81. The zero-order chi connectivity index (χ0) is 18.5. The summed E-state index contributed by atoms with van der Waals surface area (Å²) >= 11 is 0. The van der Waals surface area contributed by atoms with Gasteiger partial charge in [-0.05, 0) is 41.5 Å². The minimum atomic E-state index is -0.419. The summed E-state index contributed by atoms with van der Waals surface area (Å²) in [5.74, 6) is -0.0693. The van der Waals surface area contributed by atoms with Gasteiger partial charge < -0.3 is 15.7 Å². The van der Waals surface area contributed by atoms with Crippen LogP contribution in [-0.4, -0.2) is 36.4 Å². The Morgan fingerprint density at radius 3 is 2.69 bits per heavy atom. The molecule has 1 amide bonds. The van der Waals surface area contributed by atoms with Crippen LogP contribution in [0.15, 0.2) is 42.5 Å². The monoisotopic (exact) mass is 353 g/mol. The lowest BCUT2D eigenvalue weighted by Crippen LogP contribution is -2.39. The topological polar surface area (TPSA) is 66.6 Å². The van der Waals surface area contributed by atoms with E-state index in [1.165, 1.54) is 23.8 Å². The van der Waals surface area contributed by atoms with Crippen LogP contribution in [-0.2, 0) is 17.8 Å². The van der Waals surface area contributed by atoms with Crippen molar-refractivity contribution in [2.45, 2.75) is 31.7 Å². The molecule has 26 heavy (non-hydrogen) atoms. The predicted octanol–water partition coefficient (Wildman–Crippen LogP) is 1.47. The highest BCUT2D eigenvalue weighted by atomic mass is 19.1. The highest BCUT2D eigenvalue weighted by Gasteiger charge is 2.24. The number of halogens is 1. The highest BCUT2D eigenvalue weighted by Crippen LogP contribution is 2.28. The first-order valence-electron chi connectivity index (χ1n) is 8.93. The van der Waals surface area contributed by atoms with Gasteiger partial charge in [0.2, 0.25) is 5.91 Å². The average Bonchev–Trinajstić information content (AvgIpc) is 2.69. The van der Waals surface area contributed by atoms with Crippen molar-refractivity contribution in [1.29, 1.82) is 0 Å². The number of rotatable bonds is 5. The van der Waals surface area contributed by atoms with Gasteiger partial charge in [-0.15, -0.1) is 0 Å². The minimum absolute atomic E-state index is 0.0147. The van der Waals surface area contributed by atoms with Gasteiger partial charge in [0.05, 0.1) is 6.42 Å². The SMILES string of the molecule is NCc1cccc(C2CCN(C(=O)Cc3cc([B]O)ccc3F)CC2)c1. The molecule has 135 valence electrons. The lowest BCUT2D eigenvalue weighted by Gasteiger charge is -2.32. The van der Waals surface area contributed by atoms with Crippen molar-refractivity contribution in [3.63, 3.8) is 0 Å². The van der Waals surface area contributed by atoms with Crippen LogP contribution in [0.3, 0.4) is 0 Å². The molecular weight excluding hydrogens is 330 g/mol. The van der Waals surface area contributed by atoms with Crippen molar-refractivity contribution in [2.75, 3.05) is 13.1 Å². The first-order chi connectivity index (χ1) is 12.6. The fourth-order valence-electron chi connectivity index (χ4n) is 3.52. The van der Waals surface area contributed by atoms with Gasteiger partial charge in [-0.3, -0.25) is 4.79 Å². The van der Waals surface area contributed by atoms with E-state index in [1.54, 1.807) is 4.90 Å². The number of hydrogen-bond acceptors (Lipinski definition) is 3. The maximum atomic E-state index is 13.9. The largest absolute Gasteiger partial charge is 0.450 e. The highest BCUT2D eigenvalue weighted by molar-refractivity contribution is 6.45. The minimum Gasteiger partial charge on any atom is -0.450 e. The molecule has 1 aliphatic heterocycles. The van der Waals surface area contributed by atoms with Gasteiger partial charge in [-0.2, -0.15) is 0 Å². The number of likely N-dealkylation sites (tertiary alicyclic amines) is 1. The van der Waals surface area contributed by atoms with E-state index in [1.807, 2.05) is 12.1 Å². The molecule has 1 heterocycles. The zero-order valence-corrected chi connectivity index (χ0v) is 14.7. The van der Waals surface area contributed by atoms with Crippen molar-refractivity contribution in [1.82, 2.24) is 4.90 Å². The maximum absolute atomic E-state index is 13.9. The Morgan fingerprint density at radius 2 is 2.00 bits per heavy atom. The van der Waals surface area contributed by atoms with Crippen LogP contribution >= 0.6 is 0 Å². The first-order valence-corrected chi connectivity index (χ1v) is 8.93. The first kappa shape index (κ1) is 18.6. The number of benzene rings is 2. The smallest absolute Gasteiger partial charge is 0.326 e. The predicted molar refractivity (Wildman–Crippen MR) is 101 cm³/mol. The lowest BCUT2D eigenvalue weighted by molar-refractivity contribution is -0.131. The molecule has 2 aromatic carbocycles. The third kappa shape index (κ3) is 4.32. The van der Waals surface area contributed by atoms with Crippen LogP contribution in [0.25, 0.3) is 0 Å². The van der Waals surface area contributed by atoms with Gasteiger partial charge in [0.1, 0.15) is 5.82 Å². The van der Waals surface area contributed by atoms with Crippen LogP contribution in [0.4, 0.5) is 4.39 Å². The third-order valence-electron chi connectivity index (χ3n) is 5.07. The Kier molecular flexibility index (Phi) is 6.06. The molecule has 1 saturated heterocycles. The quantitative estimate of drug-likeness (QED) is 0.800. The van der Waals surface area contributed by atoms with E-state index >= 15 is 0 Å². The summed E-state index contributed by atoms with van der Waals surface area (Å²) in [5.41, 5.74) is 8.92. The lowest BCUT2D eigenvalue weighted by atomic mass is 9.86. The summed E-state index contributed by atoms with van der Waals surface area (Å²) in [6, 6.07) is 12.6. The normalized spacial score (nSPS) is 15.1. The second-order valence-corrected chi connectivity index (χ2v) is 6.76. The number of carbonyl (C=O) groups is 1. The van der Waals surface area contributed by atoms with E-state index in [2.05, 4.69) is 12.1 Å². The molecule has 0 atom stereocenters. The third-order valence-corrected chi connectivity index (χ3v) is 5.07. The maximum Gasteiger partial charge on any atom is 0.326 e. The van der Waals surface area contributed by atoms with Crippen molar-refractivity contribution in [3.8, 4) is 0 Å². The van der Waals surface area contributed by atoms with Crippen LogP contribution in [0.1, 0.15) is 35.4 Å². The molecule has 1 radical (unpaired) electrons. The Hall–Kier alpha value is -2.18. The van der Waals surface area contributed by atoms with E-state index in [9.17, 15) is 9.18 Å². The van der Waals surface area contributed by atoms with Gasteiger partial charge in [0.25, 0.3) is 0 Å². The van der Waals surface area contributed by atoms with Crippen molar-refractivity contribution >= 4 is 18.9 Å². The summed E-state index contributed by atoms with van der Waals surface area (Å²) in [4.78, 5) is 14.3. The Bertz CT molecular complexity index is 776. The second kappa shape index (κ2) is 8.47. The Labute approximate surface area is 154 Å². The molecule has 4 nitrogen and oxygen atoms in total. The number of carbonyl (C=O) groups excluding carboxylic acids is 1. The molecule has 2 aromatic rings. The number of nitrogens with zero attached hydrogens (tertiary/aromatic N) is 1. The van der Waals surface area contributed by atoms with E-state index in [-0.39, 0.29) is 12.3 Å². The molecular formula is C20H23BFN2O2. The van der Waals surface area contributed by atoms with Gasteiger partial charge in [0.15, 0.2) is 0 Å². The van der Waals surface area contributed by atoms with E-state index < -0.39 is 5.82 Å². The molecule has 1 aliphatic rings. The molecule has 0 aliphatic carbocycles. The number of amides is 1. The summed E-state index contributed by atoms with van der Waals surface area (Å²) < 4.78 is 13.9. The fourth-order valence-corrected chi connectivity index (χ4v) is 3.52. The van der Waals surface area contributed by atoms with Crippen molar-refractivity contribution in [2.24, 2.45) is 5.73 Å². The number of hydrogen-bond donors (Lipinski definition) is 2. The molecule has 3 N–H and O–H groups in total. The van der Waals surface area contributed by atoms with Gasteiger partial charge in [-0.25, -0.2) is 4.39 Å². The fraction of sp³-hybridized carbons (Fsp3) is 0.350. The van der Waals surface area contributed by atoms with E-state index in [0.717, 1.165) is 25.9 Å². The van der Waals surface area contributed by atoms with Crippen LogP contribution in [0.2, 0.25) is 0 Å². The second-order valence-electron chi connectivity index (χ2n) is 6.76. The van der Waals surface area contributed by atoms with Gasteiger partial charge >= 0.3 is 7.48 Å². The zero-order valence-electron chi connectivity index (χ0n) is 14.7. The van der Waals surface area contributed by atoms with E-state index in [4.69, 9.17) is 10.8 Å². The summed E-state index contributed by atoms with van der Waals surface area (Å²) in [6.45, 7) is 1.87. The molecule has 0 bridgehead atoms. The van der Waals surface area contributed by atoms with Crippen molar-refractivity contribution in [3.05, 3.63) is 65.0 Å². The van der Waals surface area contributed by atoms with E-state index in [0.29, 0.717) is 36.6 Å². The summed E-state index contributed by atoms with van der Waals surface area (Å²) in [5, 5.41) is 9.06. The Morgan fingerprint density at radius 1 is 1.23 bits per heavy atom. The van der Waals surface area contributed by atoms with Crippen LogP contribution in [0, 0.1) is 5.82 Å². The molecule has 0 saturated carbocycles. The Balaban J connectivity index is 1.60. The molecule has 3 rings (SSSR count). The van der Waals surface area contributed by atoms with Crippen LogP contribution < -0.4 is 11.2 Å². The standard InChI is InChI=1S/C20H23BFN2O2/c22-19-5-4-18(21-26)11-17(19)12-20(25)24-8-6-15(7-9-24)16-3-1-2-14(10-16)13-23/h1-5,10-11,15,26H,6-9,12-13,23H2. The molecule has 6 heteroatoms. The summed E-state index contributed by atoms with van der Waals surface area (Å²) in [7, 11) is 0.911. The van der Waals surface area contributed by atoms with Gasteiger partial charge in [-0.1, -0.05) is 41.9 Å². The molecule has 0 spiro atoms. The van der Waals surface area contributed by atoms with Crippen molar-refractivity contribution < 1.29 is 14.2 Å².